The van der Waals surface area contributed by atoms with Crippen LogP contribution in [0.2, 0.25) is 0 Å². The van der Waals surface area contributed by atoms with Crippen LogP contribution in [0.25, 0.3) is 0 Å². The van der Waals surface area contributed by atoms with Gasteiger partial charge in [-0.25, -0.2) is 0 Å². The number of furan rings is 1. The van der Waals surface area contributed by atoms with Gasteiger partial charge in [-0.1, -0.05) is 12.1 Å². The molecule has 0 radical (unpaired) electrons. The van der Waals surface area contributed by atoms with Gasteiger partial charge in [-0.3, -0.25) is 4.79 Å². The smallest absolute Gasteiger partial charge is 0.257 e. The van der Waals surface area contributed by atoms with E-state index >= 15 is 0 Å². The van der Waals surface area contributed by atoms with Crippen LogP contribution in [0.1, 0.15) is 41.3 Å². The van der Waals surface area contributed by atoms with Crippen LogP contribution in [-0.4, -0.2) is 16.8 Å². The molecule has 0 spiro atoms. The first-order valence-electron chi connectivity index (χ1n) is 7.11. The van der Waals surface area contributed by atoms with Gasteiger partial charge in [0, 0.05) is 18.3 Å². The van der Waals surface area contributed by atoms with Crippen molar-refractivity contribution < 1.29 is 9.21 Å². The SMILES string of the molecule is Cc1cc(C(=O)N(Cc2ccc(N)cc2)C(C)C)c(C)o1. The molecule has 0 fully saturated rings. The lowest BCUT2D eigenvalue weighted by atomic mass is 10.1. The van der Waals surface area contributed by atoms with Crippen molar-refractivity contribution in [2.75, 3.05) is 5.73 Å². The molecule has 4 heteroatoms. The van der Waals surface area contributed by atoms with Gasteiger partial charge in [-0.05, 0) is 51.5 Å². The first-order valence-corrected chi connectivity index (χ1v) is 7.11. The molecule has 2 aromatic rings. The zero-order valence-electron chi connectivity index (χ0n) is 13.0. The molecule has 112 valence electrons. The standard InChI is InChI=1S/C17H22N2O2/c1-11(2)19(10-14-5-7-15(18)8-6-14)17(20)16-9-12(3)21-13(16)4/h5-9,11H,10,18H2,1-4H3. The summed E-state index contributed by atoms with van der Waals surface area (Å²) >= 11 is 0. The van der Waals surface area contributed by atoms with Gasteiger partial charge < -0.3 is 15.1 Å². The maximum Gasteiger partial charge on any atom is 0.257 e. The Morgan fingerprint density at radius 1 is 1.24 bits per heavy atom. The monoisotopic (exact) mass is 286 g/mol. The van der Waals surface area contributed by atoms with Crippen LogP contribution in [0.5, 0.6) is 0 Å². The molecule has 0 saturated carbocycles. The Labute approximate surface area is 125 Å². The Morgan fingerprint density at radius 2 is 1.86 bits per heavy atom. The number of nitrogen functional groups attached to an aromatic ring is 1. The number of anilines is 1. The Balaban J connectivity index is 2.24. The molecular weight excluding hydrogens is 264 g/mol. The first kappa shape index (κ1) is 15.2. The van der Waals surface area contributed by atoms with Crippen LogP contribution in [0.3, 0.4) is 0 Å². The molecular formula is C17H22N2O2. The van der Waals surface area contributed by atoms with Gasteiger partial charge in [0.05, 0.1) is 5.56 Å². The van der Waals surface area contributed by atoms with Crippen LogP contribution in [0.4, 0.5) is 5.69 Å². The second-order valence-electron chi connectivity index (χ2n) is 5.60. The second-order valence-corrected chi connectivity index (χ2v) is 5.60. The van der Waals surface area contributed by atoms with E-state index in [1.807, 2.05) is 56.9 Å². The summed E-state index contributed by atoms with van der Waals surface area (Å²) in [5.74, 6) is 1.42. The van der Waals surface area contributed by atoms with Gasteiger partial charge in [-0.2, -0.15) is 0 Å². The van der Waals surface area contributed by atoms with Crippen molar-refractivity contribution in [1.82, 2.24) is 4.90 Å². The predicted octanol–water partition coefficient (Wildman–Crippen LogP) is 3.53. The molecule has 0 atom stereocenters. The molecule has 0 saturated heterocycles. The summed E-state index contributed by atoms with van der Waals surface area (Å²) in [5.41, 5.74) is 8.12. The highest BCUT2D eigenvalue weighted by Crippen LogP contribution is 2.19. The van der Waals surface area contributed by atoms with Crippen molar-refractivity contribution in [3.8, 4) is 0 Å². The quantitative estimate of drug-likeness (QED) is 0.875. The fraction of sp³-hybridized carbons (Fsp3) is 0.353. The second kappa shape index (κ2) is 6.04. The van der Waals surface area contributed by atoms with E-state index in [2.05, 4.69) is 0 Å². The van der Waals surface area contributed by atoms with E-state index in [0.717, 1.165) is 17.0 Å². The van der Waals surface area contributed by atoms with Gasteiger partial charge >= 0.3 is 0 Å². The van der Waals surface area contributed by atoms with Crippen LogP contribution >= 0.6 is 0 Å². The van der Waals surface area contributed by atoms with Gasteiger partial charge in [0.2, 0.25) is 0 Å². The molecule has 1 aromatic carbocycles. The number of carbonyl (C=O) groups excluding carboxylic acids is 1. The molecule has 0 aliphatic carbocycles. The summed E-state index contributed by atoms with van der Waals surface area (Å²) in [6, 6.07) is 9.51. The molecule has 1 amide bonds. The van der Waals surface area contributed by atoms with Gasteiger partial charge in [0.25, 0.3) is 5.91 Å². The van der Waals surface area contributed by atoms with Crippen molar-refractivity contribution in [1.29, 1.82) is 0 Å². The number of carbonyl (C=O) groups is 1. The van der Waals surface area contributed by atoms with E-state index in [1.54, 1.807) is 6.07 Å². The van der Waals surface area contributed by atoms with Crippen molar-refractivity contribution in [2.45, 2.75) is 40.3 Å². The summed E-state index contributed by atoms with van der Waals surface area (Å²) < 4.78 is 5.47. The highest BCUT2D eigenvalue weighted by Gasteiger charge is 2.22. The lowest BCUT2D eigenvalue weighted by molar-refractivity contribution is 0.0688. The number of rotatable bonds is 4. The molecule has 2 N–H and O–H groups in total. The Kier molecular flexibility index (Phi) is 4.36. The number of hydrogen-bond donors (Lipinski definition) is 1. The summed E-state index contributed by atoms with van der Waals surface area (Å²) in [6.07, 6.45) is 0. The topological polar surface area (TPSA) is 59.5 Å². The molecule has 0 unspecified atom stereocenters. The maximum absolute atomic E-state index is 12.7. The zero-order chi connectivity index (χ0) is 15.6. The summed E-state index contributed by atoms with van der Waals surface area (Å²) in [7, 11) is 0. The van der Waals surface area contributed by atoms with Crippen molar-refractivity contribution in [3.63, 3.8) is 0 Å². The highest BCUT2D eigenvalue weighted by atomic mass is 16.3. The Morgan fingerprint density at radius 3 is 2.33 bits per heavy atom. The van der Waals surface area contributed by atoms with Crippen LogP contribution in [-0.2, 0) is 6.54 Å². The number of nitrogens with zero attached hydrogens (tertiary/aromatic N) is 1. The molecule has 21 heavy (non-hydrogen) atoms. The lowest BCUT2D eigenvalue weighted by Crippen LogP contribution is -2.36. The molecule has 0 aliphatic heterocycles. The van der Waals surface area contributed by atoms with E-state index in [1.165, 1.54) is 0 Å². The van der Waals surface area contributed by atoms with Gasteiger partial charge in [0.15, 0.2) is 0 Å². The average Bonchev–Trinajstić information content (AvgIpc) is 2.76. The highest BCUT2D eigenvalue weighted by molar-refractivity contribution is 5.95. The van der Waals surface area contributed by atoms with Crippen LogP contribution in [0, 0.1) is 13.8 Å². The van der Waals surface area contributed by atoms with E-state index < -0.39 is 0 Å². The van der Waals surface area contributed by atoms with Crippen molar-refractivity contribution in [2.24, 2.45) is 0 Å². The first-order chi connectivity index (χ1) is 9.88. The largest absolute Gasteiger partial charge is 0.466 e. The summed E-state index contributed by atoms with van der Waals surface area (Å²) in [4.78, 5) is 14.6. The van der Waals surface area contributed by atoms with Crippen molar-refractivity contribution in [3.05, 3.63) is 53.0 Å². The van der Waals surface area contributed by atoms with E-state index in [-0.39, 0.29) is 11.9 Å². The van der Waals surface area contributed by atoms with E-state index in [0.29, 0.717) is 17.9 Å². The number of aryl methyl sites for hydroxylation is 2. The summed E-state index contributed by atoms with van der Waals surface area (Å²) in [6.45, 7) is 8.25. The van der Waals surface area contributed by atoms with Crippen LogP contribution in [0.15, 0.2) is 34.7 Å². The molecule has 4 nitrogen and oxygen atoms in total. The zero-order valence-corrected chi connectivity index (χ0v) is 13.0. The molecule has 2 rings (SSSR count). The maximum atomic E-state index is 12.7. The number of amides is 1. The van der Waals surface area contributed by atoms with Gasteiger partial charge in [0.1, 0.15) is 11.5 Å². The lowest BCUT2D eigenvalue weighted by Gasteiger charge is -2.26. The number of hydrogen-bond acceptors (Lipinski definition) is 3. The fourth-order valence-corrected chi connectivity index (χ4v) is 2.31. The molecule has 1 aromatic heterocycles. The van der Waals surface area contributed by atoms with Crippen LogP contribution < -0.4 is 5.73 Å². The summed E-state index contributed by atoms with van der Waals surface area (Å²) in [5, 5.41) is 0. The Hall–Kier alpha value is -2.23. The minimum absolute atomic E-state index is 0.00354. The third-order valence-electron chi connectivity index (χ3n) is 3.49. The van der Waals surface area contributed by atoms with Gasteiger partial charge in [-0.15, -0.1) is 0 Å². The normalized spacial score (nSPS) is 10.9. The third-order valence-corrected chi connectivity index (χ3v) is 3.49. The predicted molar refractivity (Wildman–Crippen MR) is 84.0 cm³/mol. The molecule has 0 aliphatic rings. The van der Waals surface area contributed by atoms with Crippen molar-refractivity contribution >= 4 is 11.6 Å². The Bertz CT molecular complexity index is 627. The molecule has 1 heterocycles. The van der Waals surface area contributed by atoms with E-state index in [4.69, 9.17) is 10.2 Å². The number of nitrogens with two attached hydrogens (primary N) is 1. The fourth-order valence-electron chi connectivity index (χ4n) is 2.31. The third kappa shape index (κ3) is 3.45. The molecule has 0 bridgehead atoms. The minimum atomic E-state index is -0.00354. The number of benzene rings is 1. The minimum Gasteiger partial charge on any atom is -0.466 e. The van der Waals surface area contributed by atoms with E-state index in [9.17, 15) is 4.79 Å². The average molecular weight is 286 g/mol.